The molecule has 0 radical (unpaired) electrons. The fourth-order valence-electron chi connectivity index (χ4n) is 2.12. The van der Waals surface area contributed by atoms with Crippen LogP contribution in [-0.4, -0.2) is 46.0 Å². The summed E-state index contributed by atoms with van der Waals surface area (Å²) in [5, 5.41) is 14.0. The third kappa shape index (κ3) is 5.09. The summed E-state index contributed by atoms with van der Waals surface area (Å²) >= 11 is 4.15. The highest BCUT2D eigenvalue weighted by Gasteiger charge is 2.29. The van der Waals surface area contributed by atoms with Crippen molar-refractivity contribution in [1.29, 1.82) is 0 Å². The topological polar surface area (TPSA) is 131 Å². The van der Waals surface area contributed by atoms with E-state index in [1.54, 1.807) is 20.8 Å². The minimum absolute atomic E-state index is 0.108. The summed E-state index contributed by atoms with van der Waals surface area (Å²) in [7, 11) is -2.59. The van der Waals surface area contributed by atoms with Crippen LogP contribution in [0.3, 0.4) is 0 Å². The predicted octanol–water partition coefficient (Wildman–Crippen LogP) is 3.16. The van der Waals surface area contributed by atoms with Gasteiger partial charge in [-0.15, -0.1) is 10.2 Å². The predicted molar refractivity (Wildman–Crippen MR) is 114 cm³/mol. The molecule has 0 saturated heterocycles. The van der Waals surface area contributed by atoms with Crippen LogP contribution in [0.5, 0.6) is 0 Å². The maximum atomic E-state index is 12.8. The highest BCUT2D eigenvalue weighted by molar-refractivity contribution is 9.10. The van der Waals surface area contributed by atoms with Gasteiger partial charge in [0.1, 0.15) is 0 Å². The molecule has 1 aromatic carbocycles. The molecule has 0 spiro atoms. The number of halogens is 1. The van der Waals surface area contributed by atoms with Gasteiger partial charge in [0.2, 0.25) is 27.1 Å². The van der Waals surface area contributed by atoms with E-state index >= 15 is 0 Å². The minimum atomic E-state index is -3.96. The number of anilines is 1. The second-order valence-corrected chi connectivity index (χ2v) is 11.5. The first kappa shape index (κ1) is 22.5. The third-order valence-corrected chi connectivity index (χ3v) is 7.33. The Bertz CT molecular complexity index is 1170. The van der Waals surface area contributed by atoms with Crippen molar-refractivity contribution in [2.75, 3.05) is 12.4 Å². The second kappa shape index (κ2) is 8.49. The fraction of sp³-hybridized carbons (Fsp3) is 0.353. The van der Waals surface area contributed by atoms with Gasteiger partial charge in [0.25, 0.3) is 10.0 Å². The Kier molecular flexibility index (Phi) is 6.36. The summed E-state index contributed by atoms with van der Waals surface area (Å²) < 4.78 is 32.4. The van der Waals surface area contributed by atoms with Gasteiger partial charge in [-0.05, 0) is 12.1 Å². The molecule has 0 saturated carbocycles. The van der Waals surface area contributed by atoms with Gasteiger partial charge in [-0.25, -0.2) is 8.42 Å². The molecule has 1 amide bonds. The van der Waals surface area contributed by atoms with Gasteiger partial charge < -0.3 is 9.84 Å². The van der Waals surface area contributed by atoms with E-state index in [1.165, 1.54) is 7.05 Å². The molecule has 1 N–H and O–H groups in total. The lowest BCUT2D eigenvalue weighted by Crippen LogP contribution is -2.27. The van der Waals surface area contributed by atoms with Crippen LogP contribution in [0.1, 0.15) is 26.7 Å². The monoisotopic (exact) mass is 514 g/mol. The van der Waals surface area contributed by atoms with Gasteiger partial charge in [0, 0.05) is 22.5 Å². The summed E-state index contributed by atoms with van der Waals surface area (Å²) in [6.07, 6.45) is 0. The van der Waals surface area contributed by atoms with Crippen LogP contribution >= 0.6 is 27.3 Å². The number of sulfonamides is 1. The van der Waals surface area contributed by atoms with Crippen molar-refractivity contribution < 1.29 is 17.7 Å². The fourth-order valence-corrected chi connectivity index (χ4v) is 4.72. The molecule has 0 aliphatic carbocycles. The molecule has 0 fully saturated rings. The Labute approximate surface area is 185 Å². The van der Waals surface area contributed by atoms with Gasteiger partial charge >= 0.3 is 0 Å². The Morgan fingerprint density at radius 1 is 1.30 bits per heavy atom. The summed E-state index contributed by atoms with van der Waals surface area (Å²) in [6.45, 7) is 5.07. The van der Waals surface area contributed by atoms with Crippen molar-refractivity contribution in [1.82, 2.24) is 24.6 Å². The normalized spacial score (nSPS) is 12.3. The lowest BCUT2D eigenvalue weighted by atomic mass is 9.96. The number of nitrogens with zero attached hydrogens (tertiary/aromatic N) is 5. The van der Waals surface area contributed by atoms with E-state index in [4.69, 9.17) is 4.52 Å². The molecule has 3 rings (SSSR count). The lowest BCUT2D eigenvalue weighted by molar-refractivity contribution is -0.123. The molecule has 0 atom stereocenters. The van der Waals surface area contributed by atoms with E-state index in [1.807, 2.05) is 24.3 Å². The summed E-state index contributed by atoms with van der Waals surface area (Å²) in [5.41, 5.74) is 0.0825. The van der Waals surface area contributed by atoms with Crippen LogP contribution < -0.4 is 5.32 Å². The SMILES string of the molecule is CN(Cc1nc(-c2cccc(Br)c2)no1)S(=O)(=O)c1nnc(NC(=O)C(C)(C)C)s1. The number of hydrogen-bond acceptors (Lipinski definition) is 9. The highest BCUT2D eigenvalue weighted by Crippen LogP contribution is 2.26. The van der Waals surface area contributed by atoms with Crippen LogP contribution in [0, 0.1) is 5.41 Å². The average Bonchev–Trinajstić information content (AvgIpc) is 3.31. The number of hydrogen-bond donors (Lipinski definition) is 1. The maximum absolute atomic E-state index is 12.8. The molecular weight excluding hydrogens is 496 g/mol. The van der Waals surface area contributed by atoms with Gasteiger partial charge in [-0.3, -0.25) is 4.79 Å². The third-order valence-electron chi connectivity index (χ3n) is 3.85. The van der Waals surface area contributed by atoms with Crippen molar-refractivity contribution >= 4 is 48.3 Å². The first-order chi connectivity index (χ1) is 14.0. The molecule has 0 unspecified atom stereocenters. The van der Waals surface area contributed by atoms with Crippen molar-refractivity contribution in [2.45, 2.75) is 31.7 Å². The quantitative estimate of drug-likeness (QED) is 0.496. The van der Waals surface area contributed by atoms with E-state index in [-0.39, 0.29) is 27.8 Å². The van der Waals surface area contributed by atoms with E-state index in [2.05, 4.69) is 41.6 Å². The van der Waals surface area contributed by atoms with Gasteiger partial charge in [0.05, 0.1) is 6.54 Å². The van der Waals surface area contributed by atoms with E-state index in [0.717, 1.165) is 25.7 Å². The Balaban J connectivity index is 1.72. The molecule has 160 valence electrons. The lowest BCUT2D eigenvalue weighted by Gasteiger charge is -2.15. The van der Waals surface area contributed by atoms with Crippen molar-refractivity contribution in [3.63, 3.8) is 0 Å². The number of benzene rings is 1. The van der Waals surface area contributed by atoms with Crippen LogP contribution in [-0.2, 0) is 21.4 Å². The van der Waals surface area contributed by atoms with Crippen molar-refractivity contribution in [2.24, 2.45) is 5.41 Å². The largest absolute Gasteiger partial charge is 0.338 e. The van der Waals surface area contributed by atoms with Crippen LogP contribution in [0.25, 0.3) is 11.4 Å². The molecule has 3 aromatic rings. The summed E-state index contributed by atoms with van der Waals surface area (Å²) in [6, 6.07) is 7.33. The van der Waals surface area contributed by atoms with Crippen molar-refractivity contribution in [3.8, 4) is 11.4 Å². The zero-order valence-electron chi connectivity index (χ0n) is 16.6. The minimum Gasteiger partial charge on any atom is -0.338 e. The van der Waals surface area contributed by atoms with E-state index in [0.29, 0.717) is 5.82 Å². The molecule has 2 heterocycles. The maximum Gasteiger partial charge on any atom is 0.272 e. The second-order valence-electron chi connectivity index (χ2n) is 7.36. The van der Waals surface area contributed by atoms with E-state index in [9.17, 15) is 13.2 Å². The smallest absolute Gasteiger partial charge is 0.272 e. The first-order valence-electron chi connectivity index (χ1n) is 8.66. The van der Waals surface area contributed by atoms with Gasteiger partial charge in [0.15, 0.2) is 0 Å². The van der Waals surface area contributed by atoms with Crippen LogP contribution in [0.4, 0.5) is 5.13 Å². The molecule has 30 heavy (non-hydrogen) atoms. The number of rotatable bonds is 6. The van der Waals surface area contributed by atoms with E-state index < -0.39 is 15.4 Å². The zero-order chi connectivity index (χ0) is 22.1. The molecule has 2 aromatic heterocycles. The Hall–Kier alpha value is -2.22. The molecule has 0 aliphatic heterocycles. The average molecular weight is 515 g/mol. The number of nitrogens with one attached hydrogen (secondary N) is 1. The number of carbonyl (C=O) groups excluding carboxylic acids is 1. The highest BCUT2D eigenvalue weighted by atomic mass is 79.9. The number of aromatic nitrogens is 4. The zero-order valence-corrected chi connectivity index (χ0v) is 19.8. The molecule has 13 heteroatoms. The molecule has 0 bridgehead atoms. The van der Waals surface area contributed by atoms with Crippen LogP contribution in [0.2, 0.25) is 0 Å². The standard InChI is InChI=1S/C17H19BrN6O4S2/c1-17(2,3)14(25)20-15-21-22-16(29-15)30(26,27)24(4)9-12-19-13(23-28-12)10-6-5-7-11(18)8-10/h5-8H,9H2,1-4H3,(H,20,21,25). The number of carbonyl (C=O) groups is 1. The van der Waals surface area contributed by atoms with Crippen molar-refractivity contribution in [3.05, 3.63) is 34.6 Å². The molecule has 10 nitrogen and oxygen atoms in total. The molecule has 0 aliphatic rings. The molecular formula is C17H19BrN6O4S2. The van der Waals surface area contributed by atoms with Gasteiger partial charge in [-0.2, -0.15) is 9.29 Å². The van der Waals surface area contributed by atoms with Crippen LogP contribution in [0.15, 0.2) is 37.6 Å². The Morgan fingerprint density at radius 3 is 2.70 bits per heavy atom. The first-order valence-corrected chi connectivity index (χ1v) is 11.7. The summed E-state index contributed by atoms with van der Waals surface area (Å²) in [5.74, 6) is 0.184. The Morgan fingerprint density at radius 2 is 2.03 bits per heavy atom. The van der Waals surface area contributed by atoms with Gasteiger partial charge in [-0.1, -0.05) is 65.3 Å². The number of amides is 1. The summed E-state index contributed by atoms with van der Waals surface area (Å²) in [4.78, 5) is 16.3.